The second kappa shape index (κ2) is 7.17. The van der Waals surface area contributed by atoms with Gasteiger partial charge in [-0.1, -0.05) is 25.9 Å². The van der Waals surface area contributed by atoms with E-state index in [1.165, 1.54) is 6.20 Å². The molecule has 1 amide bonds. The van der Waals surface area contributed by atoms with Gasteiger partial charge in [-0.15, -0.1) is 0 Å². The molecule has 0 saturated heterocycles. The maximum absolute atomic E-state index is 12.1. The second-order valence-electron chi connectivity index (χ2n) is 5.31. The molecular weight excluding hydrogens is 268 g/mol. The SMILES string of the molecule is CCCNCCNC(=O)c1cnc2onc(C(C)C)c2c1. The molecule has 0 aromatic carbocycles. The average molecular weight is 290 g/mol. The zero-order valence-corrected chi connectivity index (χ0v) is 12.8. The molecule has 2 N–H and O–H groups in total. The van der Waals surface area contributed by atoms with Crippen molar-refractivity contribution in [2.45, 2.75) is 33.1 Å². The summed E-state index contributed by atoms with van der Waals surface area (Å²) in [6, 6.07) is 1.79. The Kier molecular flexibility index (Phi) is 5.27. The molecule has 2 aromatic rings. The minimum Gasteiger partial charge on any atom is -0.351 e. The maximum Gasteiger partial charge on any atom is 0.257 e. The molecule has 0 atom stereocenters. The fourth-order valence-electron chi connectivity index (χ4n) is 2.06. The summed E-state index contributed by atoms with van der Waals surface area (Å²) in [6.45, 7) is 8.49. The topological polar surface area (TPSA) is 80.0 Å². The fourth-order valence-corrected chi connectivity index (χ4v) is 2.06. The van der Waals surface area contributed by atoms with E-state index in [2.05, 4.69) is 27.7 Å². The summed E-state index contributed by atoms with van der Waals surface area (Å²) in [4.78, 5) is 16.3. The Morgan fingerprint density at radius 2 is 2.14 bits per heavy atom. The molecule has 0 saturated carbocycles. The maximum atomic E-state index is 12.1. The predicted octanol–water partition coefficient (Wildman–Crippen LogP) is 2.08. The highest BCUT2D eigenvalue weighted by atomic mass is 16.5. The Bertz CT molecular complexity index is 607. The van der Waals surface area contributed by atoms with Crippen LogP contribution in [0.2, 0.25) is 0 Å². The van der Waals surface area contributed by atoms with Crippen molar-refractivity contribution in [2.75, 3.05) is 19.6 Å². The third-order valence-electron chi connectivity index (χ3n) is 3.18. The molecule has 0 spiro atoms. The molecule has 0 bridgehead atoms. The number of aromatic nitrogens is 2. The van der Waals surface area contributed by atoms with Gasteiger partial charge in [0.15, 0.2) is 0 Å². The largest absolute Gasteiger partial charge is 0.351 e. The lowest BCUT2D eigenvalue weighted by Crippen LogP contribution is -2.32. The Hall–Kier alpha value is -1.95. The number of nitrogens with zero attached hydrogens (tertiary/aromatic N) is 2. The van der Waals surface area contributed by atoms with E-state index < -0.39 is 0 Å². The van der Waals surface area contributed by atoms with Crippen LogP contribution in [0, 0.1) is 0 Å². The molecule has 0 aliphatic heterocycles. The number of pyridine rings is 1. The number of fused-ring (bicyclic) bond motifs is 1. The van der Waals surface area contributed by atoms with Gasteiger partial charge in [0.25, 0.3) is 11.6 Å². The van der Waals surface area contributed by atoms with Gasteiger partial charge in [0.2, 0.25) is 0 Å². The molecule has 2 rings (SSSR count). The highest BCUT2D eigenvalue weighted by molar-refractivity contribution is 5.97. The van der Waals surface area contributed by atoms with Crippen LogP contribution in [-0.2, 0) is 0 Å². The lowest BCUT2D eigenvalue weighted by Gasteiger charge is -2.06. The summed E-state index contributed by atoms with van der Waals surface area (Å²) in [5.41, 5.74) is 1.83. The van der Waals surface area contributed by atoms with E-state index in [9.17, 15) is 4.79 Å². The lowest BCUT2D eigenvalue weighted by atomic mass is 10.1. The number of rotatable bonds is 7. The van der Waals surface area contributed by atoms with Crippen molar-refractivity contribution in [2.24, 2.45) is 0 Å². The summed E-state index contributed by atoms with van der Waals surface area (Å²) in [7, 11) is 0. The van der Waals surface area contributed by atoms with Gasteiger partial charge in [0.1, 0.15) is 0 Å². The first-order valence-corrected chi connectivity index (χ1v) is 7.37. The standard InChI is InChI=1S/C15H22N4O2/c1-4-5-16-6-7-17-14(20)11-8-12-13(10(2)3)19-21-15(12)18-9-11/h8-10,16H,4-7H2,1-3H3,(H,17,20). The Labute approximate surface area is 124 Å². The van der Waals surface area contributed by atoms with Gasteiger partial charge in [-0.3, -0.25) is 4.79 Å². The molecule has 21 heavy (non-hydrogen) atoms. The first-order valence-electron chi connectivity index (χ1n) is 7.37. The van der Waals surface area contributed by atoms with E-state index in [1.54, 1.807) is 6.07 Å². The van der Waals surface area contributed by atoms with Crippen molar-refractivity contribution in [3.8, 4) is 0 Å². The molecule has 0 radical (unpaired) electrons. The van der Waals surface area contributed by atoms with E-state index in [-0.39, 0.29) is 11.8 Å². The quantitative estimate of drug-likeness (QED) is 0.763. The van der Waals surface area contributed by atoms with E-state index in [0.29, 0.717) is 17.8 Å². The molecule has 114 valence electrons. The number of nitrogens with one attached hydrogen (secondary N) is 2. The van der Waals surface area contributed by atoms with Crippen LogP contribution < -0.4 is 10.6 Å². The molecule has 0 unspecified atom stereocenters. The summed E-state index contributed by atoms with van der Waals surface area (Å²) in [5.74, 6) is 0.100. The van der Waals surface area contributed by atoms with Crippen molar-refractivity contribution < 1.29 is 9.32 Å². The summed E-state index contributed by atoms with van der Waals surface area (Å²) >= 11 is 0. The highest BCUT2D eigenvalue weighted by Gasteiger charge is 2.15. The molecule has 6 heteroatoms. The lowest BCUT2D eigenvalue weighted by molar-refractivity contribution is 0.0953. The first-order chi connectivity index (χ1) is 10.1. The first kappa shape index (κ1) is 15.4. The number of hydrogen-bond donors (Lipinski definition) is 2. The van der Waals surface area contributed by atoms with Gasteiger partial charge < -0.3 is 15.2 Å². The molecule has 2 aromatic heterocycles. The normalized spacial score (nSPS) is 11.2. The van der Waals surface area contributed by atoms with E-state index in [1.807, 2.05) is 13.8 Å². The van der Waals surface area contributed by atoms with Crippen LogP contribution in [0.25, 0.3) is 11.1 Å². The summed E-state index contributed by atoms with van der Waals surface area (Å²) in [5, 5.41) is 10.9. The Morgan fingerprint density at radius 1 is 1.33 bits per heavy atom. The van der Waals surface area contributed by atoms with Crippen LogP contribution in [0.5, 0.6) is 0 Å². The number of carbonyl (C=O) groups is 1. The van der Waals surface area contributed by atoms with E-state index in [0.717, 1.165) is 30.6 Å². The van der Waals surface area contributed by atoms with E-state index >= 15 is 0 Å². The van der Waals surface area contributed by atoms with Crippen LogP contribution in [0.3, 0.4) is 0 Å². The third kappa shape index (κ3) is 3.78. The van der Waals surface area contributed by atoms with Crippen molar-refractivity contribution in [3.63, 3.8) is 0 Å². The van der Waals surface area contributed by atoms with Gasteiger partial charge in [0, 0.05) is 19.3 Å². The fraction of sp³-hybridized carbons (Fsp3) is 0.533. The zero-order valence-electron chi connectivity index (χ0n) is 12.8. The number of hydrogen-bond acceptors (Lipinski definition) is 5. The molecule has 0 fully saturated rings. The monoisotopic (exact) mass is 290 g/mol. The van der Waals surface area contributed by atoms with Crippen LogP contribution in [0.1, 0.15) is 49.2 Å². The molecule has 0 aliphatic carbocycles. The van der Waals surface area contributed by atoms with Gasteiger partial charge in [-0.2, -0.15) is 0 Å². The van der Waals surface area contributed by atoms with Crippen molar-refractivity contribution in [1.82, 2.24) is 20.8 Å². The zero-order chi connectivity index (χ0) is 15.2. The molecular formula is C15H22N4O2. The van der Waals surface area contributed by atoms with Crippen LogP contribution in [0.15, 0.2) is 16.8 Å². The van der Waals surface area contributed by atoms with Gasteiger partial charge in [0.05, 0.1) is 16.6 Å². The number of carbonyl (C=O) groups excluding carboxylic acids is 1. The van der Waals surface area contributed by atoms with Crippen molar-refractivity contribution in [3.05, 3.63) is 23.5 Å². The summed E-state index contributed by atoms with van der Waals surface area (Å²) < 4.78 is 5.17. The third-order valence-corrected chi connectivity index (χ3v) is 3.18. The minimum atomic E-state index is -0.126. The molecule has 6 nitrogen and oxygen atoms in total. The van der Waals surface area contributed by atoms with Gasteiger partial charge in [-0.05, 0) is 24.9 Å². The Balaban J connectivity index is 2.04. The van der Waals surface area contributed by atoms with Crippen molar-refractivity contribution >= 4 is 17.0 Å². The van der Waals surface area contributed by atoms with E-state index in [4.69, 9.17) is 4.52 Å². The van der Waals surface area contributed by atoms with Gasteiger partial charge in [-0.25, -0.2) is 4.98 Å². The smallest absolute Gasteiger partial charge is 0.257 e. The second-order valence-corrected chi connectivity index (χ2v) is 5.31. The molecule has 2 heterocycles. The van der Waals surface area contributed by atoms with Crippen LogP contribution in [-0.4, -0.2) is 35.7 Å². The van der Waals surface area contributed by atoms with Gasteiger partial charge >= 0.3 is 0 Å². The average Bonchev–Trinajstić information content (AvgIpc) is 2.89. The summed E-state index contributed by atoms with van der Waals surface area (Å²) in [6.07, 6.45) is 2.60. The van der Waals surface area contributed by atoms with Crippen molar-refractivity contribution in [1.29, 1.82) is 0 Å². The predicted molar refractivity (Wildman–Crippen MR) is 81.4 cm³/mol. The molecule has 0 aliphatic rings. The van der Waals surface area contributed by atoms with Crippen LogP contribution in [0.4, 0.5) is 0 Å². The number of amides is 1. The van der Waals surface area contributed by atoms with Crippen LogP contribution >= 0.6 is 0 Å². The Morgan fingerprint density at radius 3 is 2.86 bits per heavy atom. The highest BCUT2D eigenvalue weighted by Crippen LogP contribution is 2.23. The minimum absolute atomic E-state index is 0.126.